The van der Waals surface area contributed by atoms with Gasteiger partial charge < -0.3 is 10.1 Å². The van der Waals surface area contributed by atoms with Crippen LogP contribution in [-0.2, 0) is 16.6 Å². The molecule has 0 heterocycles. The van der Waals surface area contributed by atoms with Gasteiger partial charge in [-0.2, -0.15) is 0 Å². The second-order valence-corrected chi connectivity index (χ2v) is 7.48. The number of carbonyl (C=O) groups excluding carboxylic acids is 1. The van der Waals surface area contributed by atoms with Crippen molar-refractivity contribution in [2.75, 3.05) is 17.6 Å². The fourth-order valence-corrected chi connectivity index (χ4v) is 2.92. The molecule has 0 atom stereocenters. The summed E-state index contributed by atoms with van der Waals surface area (Å²) in [6.45, 7) is 2.68. The fraction of sp³-hybridized carbons (Fsp3) is 0.235. The Bertz CT molecular complexity index is 851. The first kappa shape index (κ1) is 19.1. The molecule has 2 rings (SSSR count). The van der Waals surface area contributed by atoms with Gasteiger partial charge >= 0.3 is 0 Å². The highest BCUT2D eigenvalue weighted by atomic mass is 35.5. The molecule has 0 unspecified atom stereocenters. The van der Waals surface area contributed by atoms with Crippen LogP contribution in [0.4, 0.5) is 5.69 Å². The van der Waals surface area contributed by atoms with E-state index < -0.39 is 10.0 Å². The number of amides is 1. The van der Waals surface area contributed by atoms with E-state index in [1.807, 2.05) is 6.92 Å². The number of hydrogen-bond donors (Lipinski definition) is 2. The van der Waals surface area contributed by atoms with E-state index in [9.17, 15) is 13.2 Å². The van der Waals surface area contributed by atoms with Crippen LogP contribution in [0.2, 0.25) is 5.02 Å². The molecule has 8 heteroatoms. The van der Waals surface area contributed by atoms with Gasteiger partial charge in [-0.1, -0.05) is 17.7 Å². The molecule has 6 nitrogen and oxygen atoms in total. The number of carbonyl (C=O) groups is 1. The second kappa shape index (κ2) is 8.22. The Morgan fingerprint density at radius 3 is 2.40 bits per heavy atom. The van der Waals surface area contributed by atoms with Crippen LogP contribution >= 0.6 is 11.6 Å². The Morgan fingerprint density at radius 2 is 1.84 bits per heavy atom. The number of rotatable bonds is 7. The predicted molar refractivity (Wildman–Crippen MR) is 98.7 cm³/mol. The Balaban J connectivity index is 1.99. The maximum Gasteiger partial charge on any atom is 0.251 e. The average molecular weight is 383 g/mol. The molecule has 0 bridgehead atoms. The SMILES string of the molecule is CCOc1ccc(C(=O)NCc2ccc(NS(C)(=O)=O)cc2Cl)cc1. The third-order valence-electron chi connectivity index (χ3n) is 3.22. The first-order chi connectivity index (χ1) is 11.8. The first-order valence-electron chi connectivity index (χ1n) is 7.56. The predicted octanol–water partition coefficient (Wildman–Crippen LogP) is 3.04. The zero-order chi connectivity index (χ0) is 18.4. The molecule has 2 N–H and O–H groups in total. The molecule has 0 aliphatic rings. The standard InChI is InChI=1S/C17H19ClN2O4S/c1-3-24-15-8-5-12(6-9-15)17(21)19-11-13-4-7-14(10-16(13)18)20-25(2,22)23/h4-10,20H,3,11H2,1-2H3,(H,19,21). The van der Waals surface area contributed by atoms with Crippen LogP contribution in [0.5, 0.6) is 5.75 Å². The Morgan fingerprint density at radius 1 is 1.16 bits per heavy atom. The van der Waals surface area contributed by atoms with Gasteiger partial charge in [-0.25, -0.2) is 8.42 Å². The summed E-state index contributed by atoms with van der Waals surface area (Å²) in [6, 6.07) is 11.6. The molecule has 0 radical (unpaired) electrons. The minimum absolute atomic E-state index is 0.226. The van der Waals surface area contributed by atoms with Crippen LogP contribution in [0.1, 0.15) is 22.8 Å². The summed E-state index contributed by atoms with van der Waals surface area (Å²) in [5.41, 5.74) is 1.56. The molecule has 1 amide bonds. The van der Waals surface area contributed by atoms with E-state index in [-0.39, 0.29) is 12.5 Å². The molecule has 0 spiro atoms. The smallest absolute Gasteiger partial charge is 0.251 e. The highest BCUT2D eigenvalue weighted by Crippen LogP contribution is 2.21. The van der Waals surface area contributed by atoms with Crippen LogP contribution in [0, 0.1) is 0 Å². The zero-order valence-electron chi connectivity index (χ0n) is 13.9. The van der Waals surface area contributed by atoms with Gasteiger partial charge in [-0.05, 0) is 48.9 Å². The fourth-order valence-electron chi connectivity index (χ4n) is 2.12. The Kier molecular flexibility index (Phi) is 6.27. The van der Waals surface area contributed by atoms with Gasteiger partial charge in [0, 0.05) is 22.8 Å². The molecule has 134 valence electrons. The molecule has 0 aliphatic carbocycles. The lowest BCUT2D eigenvalue weighted by Gasteiger charge is -2.10. The van der Waals surface area contributed by atoms with E-state index in [1.165, 1.54) is 6.07 Å². The van der Waals surface area contributed by atoms with E-state index in [2.05, 4.69) is 10.0 Å². The van der Waals surface area contributed by atoms with Crippen molar-refractivity contribution in [1.82, 2.24) is 5.32 Å². The molecule has 2 aromatic rings. The van der Waals surface area contributed by atoms with Crippen LogP contribution in [0.3, 0.4) is 0 Å². The van der Waals surface area contributed by atoms with E-state index in [4.69, 9.17) is 16.3 Å². The maximum absolute atomic E-state index is 12.2. The van der Waals surface area contributed by atoms with Crippen molar-refractivity contribution >= 4 is 33.2 Å². The third kappa shape index (κ3) is 5.95. The summed E-state index contributed by atoms with van der Waals surface area (Å²) in [5, 5.41) is 3.13. The summed E-state index contributed by atoms with van der Waals surface area (Å²) in [6.07, 6.45) is 1.06. The van der Waals surface area contributed by atoms with Crippen molar-refractivity contribution < 1.29 is 17.9 Å². The molecule has 0 fully saturated rings. The van der Waals surface area contributed by atoms with Gasteiger partial charge in [0.15, 0.2) is 0 Å². The summed E-state index contributed by atoms with van der Waals surface area (Å²) < 4.78 is 30.1. The average Bonchev–Trinajstić information content (AvgIpc) is 2.53. The van der Waals surface area contributed by atoms with Gasteiger partial charge in [-0.15, -0.1) is 0 Å². The largest absolute Gasteiger partial charge is 0.494 e. The monoisotopic (exact) mass is 382 g/mol. The molecule has 0 saturated heterocycles. The molecule has 2 aromatic carbocycles. The molecular weight excluding hydrogens is 364 g/mol. The Labute approximate surface area is 152 Å². The number of nitrogens with one attached hydrogen (secondary N) is 2. The second-order valence-electron chi connectivity index (χ2n) is 5.32. The number of halogens is 1. The summed E-state index contributed by atoms with van der Waals surface area (Å²) in [4.78, 5) is 12.2. The van der Waals surface area contributed by atoms with E-state index >= 15 is 0 Å². The van der Waals surface area contributed by atoms with E-state index in [0.29, 0.717) is 34.2 Å². The highest BCUT2D eigenvalue weighted by molar-refractivity contribution is 7.92. The first-order valence-corrected chi connectivity index (χ1v) is 9.82. The van der Waals surface area contributed by atoms with Gasteiger partial charge in [0.2, 0.25) is 10.0 Å². The van der Waals surface area contributed by atoms with Crippen LogP contribution < -0.4 is 14.8 Å². The normalized spacial score (nSPS) is 11.0. The van der Waals surface area contributed by atoms with Crippen molar-refractivity contribution in [3.05, 3.63) is 58.6 Å². The van der Waals surface area contributed by atoms with Crippen molar-refractivity contribution in [3.63, 3.8) is 0 Å². The molecule has 25 heavy (non-hydrogen) atoms. The topological polar surface area (TPSA) is 84.5 Å². The summed E-state index contributed by atoms with van der Waals surface area (Å²) in [7, 11) is -3.36. The molecule has 0 aliphatic heterocycles. The number of benzene rings is 2. The number of ether oxygens (including phenoxy) is 1. The number of anilines is 1. The van der Waals surface area contributed by atoms with Gasteiger partial charge in [-0.3, -0.25) is 9.52 Å². The minimum atomic E-state index is -3.36. The van der Waals surface area contributed by atoms with E-state index in [0.717, 1.165) is 6.26 Å². The molecule has 0 saturated carbocycles. The number of sulfonamides is 1. The zero-order valence-corrected chi connectivity index (χ0v) is 15.4. The third-order valence-corrected chi connectivity index (χ3v) is 4.18. The van der Waals surface area contributed by atoms with E-state index in [1.54, 1.807) is 36.4 Å². The van der Waals surface area contributed by atoms with Crippen molar-refractivity contribution in [1.29, 1.82) is 0 Å². The van der Waals surface area contributed by atoms with Crippen LogP contribution in [0.15, 0.2) is 42.5 Å². The summed E-state index contributed by atoms with van der Waals surface area (Å²) in [5.74, 6) is 0.466. The van der Waals surface area contributed by atoms with Crippen LogP contribution in [-0.4, -0.2) is 27.2 Å². The van der Waals surface area contributed by atoms with Crippen molar-refractivity contribution in [2.24, 2.45) is 0 Å². The van der Waals surface area contributed by atoms with Gasteiger partial charge in [0.1, 0.15) is 5.75 Å². The Hall–Kier alpha value is -2.25. The number of hydrogen-bond acceptors (Lipinski definition) is 4. The molecule has 0 aromatic heterocycles. The lowest BCUT2D eigenvalue weighted by molar-refractivity contribution is 0.0951. The molecular formula is C17H19ClN2O4S. The highest BCUT2D eigenvalue weighted by Gasteiger charge is 2.09. The van der Waals surface area contributed by atoms with Gasteiger partial charge in [0.05, 0.1) is 12.9 Å². The van der Waals surface area contributed by atoms with Crippen molar-refractivity contribution in [3.8, 4) is 5.75 Å². The lowest BCUT2D eigenvalue weighted by atomic mass is 10.1. The lowest BCUT2D eigenvalue weighted by Crippen LogP contribution is -2.22. The van der Waals surface area contributed by atoms with Gasteiger partial charge in [0.25, 0.3) is 5.91 Å². The maximum atomic E-state index is 12.2. The van der Waals surface area contributed by atoms with Crippen LogP contribution in [0.25, 0.3) is 0 Å². The minimum Gasteiger partial charge on any atom is -0.494 e. The summed E-state index contributed by atoms with van der Waals surface area (Å²) >= 11 is 6.14. The quantitative estimate of drug-likeness (QED) is 0.770. The van der Waals surface area contributed by atoms with Crippen molar-refractivity contribution in [2.45, 2.75) is 13.5 Å².